The standard InChI is InChI=1S/C30H36ClFN4O4S/c1-30(2,3)33-29(38)27(19-22-11-7-6-8-12-22)35(20-23-15-17-24(31)18-16-23)28(37)21-36(41(39,40)34(4)5)26-14-10-9-13-25(26)32/h6-18,27H,19-21H2,1-5H3,(H,33,38). The number of nitrogens with one attached hydrogen (secondary N) is 1. The van der Waals surface area contributed by atoms with Crippen molar-refractivity contribution in [3.05, 3.63) is 101 Å². The first-order valence-corrected chi connectivity index (χ1v) is 14.8. The van der Waals surface area contributed by atoms with E-state index in [1.807, 2.05) is 51.1 Å². The highest BCUT2D eigenvalue weighted by Gasteiger charge is 2.36. The van der Waals surface area contributed by atoms with E-state index in [9.17, 15) is 22.4 Å². The fraction of sp³-hybridized carbons (Fsp3) is 0.333. The zero-order valence-electron chi connectivity index (χ0n) is 23.8. The molecule has 0 bridgehead atoms. The number of benzene rings is 3. The van der Waals surface area contributed by atoms with Gasteiger partial charge in [0.1, 0.15) is 18.4 Å². The molecule has 8 nitrogen and oxygen atoms in total. The van der Waals surface area contributed by atoms with Gasteiger partial charge in [-0.25, -0.2) is 8.70 Å². The van der Waals surface area contributed by atoms with Crippen molar-refractivity contribution in [1.29, 1.82) is 0 Å². The van der Waals surface area contributed by atoms with Gasteiger partial charge in [0, 0.05) is 37.6 Å². The van der Waals surface area contributed by atoms with Crippen LogP contribution in [0.4, 0.5) is 10.1 Å². The van der Waals surface area contributed by atoms with Crippen LogP contribution in [-0.4, -0.2) is 61.7 Å². The maximum Gasteiger partial charge on any atom is 0.304 e. The normalized spacial score (nSPS) is 12.6. The summed E-state index contributed by atoms with van der Waals surface area (Å²) in [4.78, 5) is 29.2. The lowest BCUT2D eigenvalue weighted by atomic mass is 10.0. The van der Waals surface area contributed by atoms with Crippen molar-refractivity contribution in [3.63, 3.8) is 0 Å². The highest BCUT2D eigenvalue weighted by molar-refractivity contribution is 7.90. The summed E-state index contributed by atoms with van der Waals surface area (Å²) < 4.78 is 43.2. The Bertz CT molecular complexity index is 1450. The highest BCUT2D eigenvalue weighted by atomic mass is 35.5. The average molecular weight is 603 g/mol. The maximum absolute atomic E-state index is 14.9. The van der Waals surface area contributed by atoms with E-state index in [-0.39, 0.29) is 18.7 Å². The van der Waals surface area contributed by atoms with E-state index in [0.29, 0.717) is 10.6 Å². The zero-order chi connectivity index (χ0) is 30.4. The van der Waals surface area contributed by atoms with Gasteiger partial charge in [-0.1, -0.05) is 66.2 Å². The molecule has 0 aliphatic carbocycles. The minimum Gasteiger partial charge on any atom is -0.350 e. The molecule has 220 valence electrons. The van der Waals surface area contributed by atoms with Gasteiger partial charge in [0.25, 0.3) is 0 Å². The zero-order valence-corrected chi connectivity index (χ0v) is 25.4. The lowest BCUT2D eigenvalue weighted by Gasteiger charge is -2.35. The van der Waals surface area contributed by atoms with Crippen LogP contribution < -0.4 is 9.62 Å². The van der Waals surface area contributed by atoms with Gasteiger partial charge in [0.15, 0.2) is 0 Å². The number of hydrogen-bond acceptors (Lipinski definition) is 4. The van der Waals surface area contributed by atoms with Gasteiger partial charge < -0.3 is 10.2 Å². The number of para-hydroxylation sites is 1. The molecule has 0 aromatic heterocycles. The molecule has 3 aromatic rings. The Morgan fingerprint density at radius 2 is 1.49 bits per heavy atom. The van der Waals surface area contributed by atoms with Crippen LogP contribution in [0.15, 0.2) is 78.9 Å². The number of nitrogens with zero attached hydrogens (tertiary/aromatic N) is 3. The van der Waals surface area contributed by atoms with Crippen molar-refractivity contribution in [2.75, 3.05) is 24.9 Å². The van der Waals surface area contributed by atoms with E-state index >= 15 is 0 Å². The van der Waals surface area contributed by atoms with Crippen LogP contribution in [0.2, 0.25) is 5.02 Å². The minimum absolute atomic E-state index is 0.0157. The van der Waals surface area contributed by atoms with Crippen molar-refractivity contribution in [2.24, 2.45) is 0 Å². The molecule has 0 saturated carbocycles. The molecule has 41 heavy (non-hydrogen) atoms. The van der Waals surface area contributed by atoms with Crippen LogP contribution in [0.5, 0.6) is 0 Å². The molecule has 0 aliphatic heterocycles. The molecule has 2 amide bonds. The molecule has 1 atom stereocenters. The summed E-state index contributed by atoms with van der Waals surface area (Å²) in [7, 11) is -1.69. The van der Waals surface area contributed by atoms with E-state index in [4.69, 9.17) is 11.6 Å². The second-order valence-electron chi connectivity index (χ2n) is 10.8. The van der Waals surface area contributed by atoms with Crippen LogP contribution >= 0.6 is 11.6 Å². The SMILES string of the molecule is CN(C)S(=O)(=O)N(CC(=O)N(Cc1ccc(Cl)cc1)C(Cc1ccccc1)C(=O)NC(C)(C)C)c1ccccc1F. The molecule has 0 saturated heterocycles. The largest absolute Gasteiger partial charge is 0.350 e. The number of anilines is 1. The summed E-state index contributed by atoms with van der Waals surface area (Å²) in [6.07, 6.45) is 0.169. The predicted molar refractivity (Wildman–Crippen MR) is 160 cm³/mol. The van der Waals surface area contributed by atoms with E-state index in [1.54, 1.807) is 24.3 Å². The lowest BCUT2D eigenvalue weighted by Crippen LogP contribution is -2.56. The minimum atomic E-state index is -4.29. The van der Waals surface area contributed by atoms with Gasteiger partial charge in [-0.05, 0) is 56.2 Å². The first-order chi connectivity index (χ1) is 19.2. The third-order valence-electron chi connectivity index (χ3n) is 6.18. The smallest absolute Gasteiger partial charge is 0.304 e. The first-order valence-electron chi connectivity index (χ1n) is 13.0. The Morgan fingerprint density at radius 1 is 0.902 bits per heavy atom. The van der Waals surface area contributed by atoms with E-state index in [2.05, 4.69) is 5.32 Å². The molecule has 1 unspecified atom stereocenters. The van der Waals surface area contributed by atoms with E-state index < -0.39 is 46.0 Å². The quantitative estimate of drug-likeness (QED) is 0.346. The fourth-order valence-electron chi connectivity index (χ4n) is 4.15. The number of halogens is 2. The second-order valence-corrected chi connectivity index (χ2v) is 13.3. The molecule has 0 radical (unpaired) electrons. The third kappa shape index (κ3) is 8.76. The summed E-state index contributed by atoms with van der Waals surface area (Å²) in [5, 5.41) is 3.46. The van der Waals surface area contributed by atoms with Crippen molar-refractivity contribution < 1.29 is 22.4 Å². The summed E-state index contributed by atoms with van der Waals surface area (Å²) >= 11 is 6.08. The Labute approximate surface area is 246 Å². The molecule has 3 aromatic carbocycles. The average Bonchev–Trinajstić information content (AvgIpc) is 2.90. The van der Waals surface area contributed by atoms with E-state index in [0.717, 1.165) is 20.2 Å². The number of hydrogen-bond donors (Lipinski definition) is 1. The molecule has 0 fully saturated rings. The van der Waals surface area contributed by atoms with E-state index in [1.165, 1.54) is 37.2 Å². The molecule has 0 aliphatic rings. The van der Waals surface area contributed by atoms with Crippen LogP contribution in [0.25, 0.3) is 0 Å². The molecule has 0 spiro atoms. The Balaban J connectivity index is 2.12. The number of amides is 2. The van der Waals surface area contributed by atoms with Gasteiger partial charge in [-0.2, -0.15) is 12.7 Å². The molecule has 1 N–H and O–H groups in total. The lowest BCUT2D eigenvalue weighted by molar-refractivity contribution is -0.140. The summed E-state index contributed by atoms with van der Waals surface area (Å²) in [5.74, 6) is -1.89. The predicted octanol–water partition coefficient (Wildman–Crippen LogP) is 4.65. The number of carbonyl (C=O) groups is 2. The summed E-state index contributed by atoms with van der Waals surface area (Å²) in [6, 6.07) is 20.4. The van der Waals surface area contributed by atoms with Crippen molar-refractivity contribution >= 4 is 39.3 Å². The summed E-state index contributed by atoms with van der Waals surface area (Å²) in [5.41, 5.74) is 0.605. The van der Waals surface area contributed by atoms with Gasteiger partial charge in [-0.3, -0.25) is 9.59 Å². The van der Waals surface area contributed by atoms with Gasteiger partial charge in [-0.15, -0.1) is 0 Å². The third-order valence-corrected chi connectivity index (χ3v) is 8.23. The first kappa shape index (κ1) is 32.0. The maximum atomic E-state index is 14.9. The molecule has 11 heteroatoms. The Morgan fingerprint density at radius 3 is 2.05 bits per heavy atom. The van der Waals surface area contributed by atoms with Gasteiger partial charge in [0.2, 0.25) is 11.8 Å². The van der Waals surface area contributed by atoms with Crippen LogP contribution in [0.3, 0.4) is 0 Å². The van der Waals surface area contributed by atoms with Crippen molar-refractivity contribution in [3.8, 4) is 0 Å². The van der Waals surface area contributed by atoms with Gasteiger partial charge in [0.05, 0.1) is 5.69 Å². The van der Waals surface area contributed by atoms with Crippen LogP contribution in [0.1, 0.15) is 31.9 Å². The van der Waals surface area contributed by atoms with Crippen LogP contribution in [-0.2, 0) is 32.8 Å². The number of rotatable bonds is 11. The molecular weight excluding hydrogens is 567 g/mol. The van der Waals surface area contributed by atoms with Crippen molar-refractivity contribution in [1.82, 2.24) is 14.5 Å². The molecule has 3 rings (SSSR count). The fourth-order valence-corrected chi connectivity index (χ4v) is 5.34. The highest BCUT2D eigenvalue weighted by Crippen LogP contribution is 2.25. The monoisotopic (exact) mass is 602 g/mol. The topological polar surface area (TPSA) is 90.0 Å². The second kappa shape index (κ2) is 13.5. The molecular formula is C30H36ClFN4O4S. The van der Waals surface area contributed by atoms with Crippen molar-refractivity contribution in [2.45, 2.75) is 45.3 Å². The Kier molecular flexibility index (Phi) is 10.5. The molecule has 0 heterocycles. The Hall–Kier alpha value is -3.47. The van der Waals surface area contributed by atoms with Crippen LogP contribution in [0, 0.1) is 5.82 Å². The summed E-state index contributed by atoms with van der Waals surface area (Å²) in [6.45, 7) is 4.75. The van der Waals surface area contributed by atoms with Gasteiger partial charge >= 0.3 is 10.2 Å². The number of carbonyl (C=O) groups excluding carboxylic acids is 2.